The lowest BCUT2D eigenvalue weighted by Crippen LogP contribution is -2.22. The molecule has 0 N–H and O–H groups in total. The van der Waals surface area contributed by atoms with Crippen LogP contribution in [0.3, 0.4) is 0 Å². The van der Waals surface area contributed by atoms with Crippen LogP contribution in [0.15, 0.2) is 71.5 Å². The van der Waals surface area contributed by atoms with Gasteiger partial charge in [0.05, 0.1) is 30.8 Å². The molecule has 0 unspecified atom stereocenters. The number of aryl methyl sites for hydroxylation is 1. The fourth-order valence-corrected chi connectivity index (χ4v) is 4.34. The monoisotopic (exact) mass is 451 g/mol. The summed E-state index contributed by atoms with van der Waals surface area (Å²) in [5, 5.41) is 1.64. The first-order valence-corrected chi connectivity index (χ1v) is 11.0. The van der Waals surface area contributed by atoms with Crippen molar-refractivity contribution in [1.29, 1.82) is 0 Å². The molecule has 0 atom stereocenters. The van der Waals surface area contributed by atoms with Crippen molar-refractivity contribution in [2.24, 2.45) is 7.05 Å². The Morgan fingerprint density at radius 1 is 0.853 bits per heavy atom. The molecule has 0 aliphatic carbocycles. The summed E-state index contributed by atoms with van der Waals surface area (Å²) >= 11 is 0. The zero-order valence-electron chi connectivity index (χ0n) is 19.6. The van der Waals surface area contributed by atoms with E-state index in [9.17, 15) is 4.79 Å². The number of methoxy groups -OCH3 is 2. The molecule has 34 heavy (non-hydrogen) atoms. The van der Waals surface area contributed by atoms with Crippen LogP contribution in [0.25, 0.3) is 39.6 Å². The summed E-state index contributed by atoms with van der Waals surface area (Å²) in [6, 6.07) is 20.9. The molecule has 6 nitrogen and oxygen atoms in total. The number of hydrogen-bond acceptors (Lipinski definition) is 4. The number of benzene rings is 3. The summed E-state index contributed by atoms with van der Waals surface area (Å²) < 4.78 is 14.6. The number of nitrogens with zero attached hydrogens (tertiary/aromatic N) is 3. The van der Waals surface area contributed by atoms with E-state index in [1.54, 1.807) is 24.9 Å². The number of hydrogen-bond donors (Lipinski definition) is 0. The molecular formula is C28H25N3O3. The average molecular weight is 452 g/mol. The fraction of sp³-hybridized carbons (Fsp3) is 0.143. The molecule has 5 rings (SSSR count). The second-order valence-corrected chi connectivity index (χ2v) is 8.10. The van der Waals surface area contributed by atoms with Crippen LogP contribution < -0.4 is 15.0 Å². The quantitative estimate of drug-likeness (QED) is 0.360. The minimum absolute atomic E-state index is 0.130. The Bertz CT molecular complexity index is 1630. The third-order valence-corrected chi connectivity index (χ3v) is 6.26. The van der Waals surface area contributed by atoms with Gasteiger partial charge in [-0.2, -0.15) is 0 Å². The predicted molar refractivity (Wildman–Crippen MR) is 137 cm³/mol. The average Bonchev–Trinajstić information content (AvgIpc) is 3.11. The van der Waals surface area contributed by atoms with Gasteiger partial charge in [-0.05, 0) is 61.5 Å². The molecule has 0 amide bonds. The summed E-state index contributed by atoms with van der Waals surface area (Å²) in [5.41, 5.74) is 4.48. The second kappa shape index (κ2) is 8.56. The van der Waals surface area contributed by atoms with Gasteiger partial charge in [0.2, 0.25) is 0 Å². The summed E-state index contributed by atoms with van der Waals surface area (Å²) in [4.78, 5) is 18.4. The highest BCUT2D eigenvalue weighted by Crippen LogP contribution is 2.30. The lowest BCUT2D eigenvalue weighted by atomic mass is 10.1. The summed E-state index contributed by atoms with van der Waals surface area (Å²) in [7, 11) is 5.32. The fourth-order valence-electron chi connectivity index (χ4n) is 4.34. The molecular weight excluding hydrogens is 426 g/mol. The Morgan fingerprint density at radius 2 is 1.62 bits per heavy atom. The standard InChI is InChI=1S/C28H25N3O3/c1-18-22(24-17-21(34-4)12-14-26(24)30(18)2)13-15-27-29-25-11-6-5-10-23(25)28(32)31(27)19-8-7-9-20(16-19)33-3/h5-17H,1-4H3/b15-13+. The van der Waals surface area contributed by atoms with Gasteiger partial charge in [0.25, 0.3) is 5.56 Å². The molecule has 0 aliphatic heterocycles. The molecule has 5 aromatic rings. The maximum atomic E-state index is 13.6. The minimum Gasteiger partial charge on any atom is -0.497 e. The molecule has 0 fully saturated rings. The first kappa shape index (κ1) is 21.5. The smallest absolute Gasteiger partial charge is 0.266 e. The van der Waals surface area contributed by atoms with Crippen LogP contribution in [0.2, 0.25) is 0 Å². The summed E-state index contributed by atoms with van der Waals surface area (Å²) in [5.74, 6) is 2.01. The molecule has 3 aromatic carbocycles. The van der Waals surface area contributed by atoms with Crippen LogP contribution in [0.4, 0.5) is 0 Å². The lowest BCUT2D eigenvalue weighted by molar-refractivity contribution is 0.414. The Hall–Kier alpha value is -4.32. The second-order valence-electron chi connectivity index (χ2n) is 8.10. The van der Waals surface area contributed by atoms with Crippen molar-refractivity contribution in [2.45, 2.75) is 6.92 Å². The third kappa shape index (κ3) is 3.53. The van der Waals surface area contributed by atoms with Crippen molar-refractivity contribution in [3.8, 4) is 17.2 Å². The van der Waals surface area contributed by atoms with Crippen molar-refractivity contribution >= 4 is 34.0 Å². The molecule has 0 bridgehead atoms. The van der Waals surface area contributed by atoms with E-state index in [1.165, 1.54) is 0 Å². The number of ether oxygens (including phenoxy) is 2. The Morgan fingerprint density at radius 3 is 2.41 bits per heavy atom. The van der Waals surface area contributed by atoms with Crippen molar-refractivity contribution in [3.63, 3.8) is 0 Å². The number of aromatic nitrogens is 3. The van der Waals surface area contributed by atoms with Crippen LogP contribution in [0.1, 0.15) is 17.1 Å². The maximum absolute atomic E-state index is 13.6. The van der Waals surface area contributed by atoms with Crippen LogP contribution in [0, 0.1) is 6.92 Å². The predicted octanol–water partition coefficient (Wildman–Crippen LogP) is 5.37. The van der Waals surface area contributed by atoms with E-state index in [4.69, 9.17) is 14.5 Å². The molecule has 0 radical (unpaired) electrons. The van der Waals surface area contributed by atoms with Crippen molar-refractivity contribution in [3.05, 3.63) is 94.2 Å². The molecule has 0 spiro atoms. The van der Waals surface area contributed by atoms with E-state index in [-0.39, 0.29) is 5.56 Å². The molecule has 2 heterocycles. The molecule has 6 heteroatoms. The summed E-state index contributed by atoms with van der Waals surface area (Å²) in [6.07, 6.45) is 3.92. The largest absolute Gasteiger partial charge is 0.497 e. The molecule has 0 saturated carbocycles. The molecule has 170 valence electrons. The Labute approximate surface area is 197 Å². The maximum Gasteiger partial charge on any atom is 0.266 e. The van der Waals surface area contributed by atoms with Gasteiger partial charge in [-0.1, -0.05) is 18.2 Å². The van der Waals surface area contributed by atoms with Crippen molar-refractivity contribution in [1.82, 2.24) is 14.1 Å². The van der Waals surface area contributed by atoms with Crippen molar-refractivity contribution < 1.29 is 9.47 Å². The van der Waals surface area contributed by atoms with Crippen LogP contribution in [-0.2, 0) is 7.05 Å². The van der Waals surface area contributed by atoms with Gasteiger partial charge in [-0.15, -0.1) is 0 Å². The SMILES string of the molecule is COc1cccc(-n2c(/C=C/c3c(C)n(C)c4ccc(OC)cc34)nc3ccccc3c2=O)c1. The van der Waals surface area contributed by atoms with E-state index >= 15 is 0 Å². The van der Waals surface area contributed by atoms with Crippen LogP contribution in [-0.4, -0.2) is 28.3 Å². The van der Waals surface area contributed by atoms with E-state index in [1.807, 2.05) is 73.8 Å². The third-order valence-electron chi connectivity index (χ3n) is 6.26. The lowest BCUT2D eigenvalue weighted by Gasteiger charge is -2.12. The van der Waals surface area contributed by atoms with Gasteiger partial charge in [0.15, 0.2) is 0 Å². The van der Waals surface area contributed by atoms with E-state index in [0.29, 0.717) is 28.2 Å². The van der Waals surface area contributed by atoms with Crippen LogP contribution in [0.5, 0.6) is 11.5 Å². The van der Waals surface area contributed by atoms with Gasteiger partial charge in [0, 0.05) is 35.3 Å². The Kier molecular flexibility index (Phi) is 5.42. The zero-order chi connectivity index (χ0) is 23.8. The van der Waals surface area contributed by atoms with Gasteiger partial charge in [-0.3, -0.25) is 9.36 Å². The molecule has 2 aromatic heterocycles. The van der Waals surface area contributed by atoms with E-state index < -0.39 is 0 Å². The topological polar surface area (TPSA) is 58.3 Å². The first-order chi connectivity index (χ1) is 16.5. The normalized spacial score (nSPS) is 11.5. The minimum atomic E-state index is -0.130. The van der Waals surface area contributed by atoms with Gasteiger partial charge >= 0.3 is 0 Å². The number of fused-ring (bicyclic) bond motifs is 2. The number of rotatable bonds is 5. The highest BCUT2D eigenvalue weighted by atomic mass is 16.5. The highest BCUT2D eigenvalue weighted by molar-refractivity contribution is 5.94. The van der Waals surface area contributed by atoms with Crippen molar-refractivity contribution in [2.75, 3.05) is 14.2 Å². The summed E-state index contributed by atoms with van der Waals surface area (Å²) in [6.45, 7) is 2.08. The van der Waals surface area contributed by atoms with E-state index in [0.717, 1.165) is 27.9 Å². The molecule has 0 aliphatic rings. The first-order valence-electron chi connectivity index (χ1n) is 11.0. The van der Waals surface area contributed by atoms with Gasteiger partial charge in [0.1, 0.15) is 17.3 Å². The molecule has 0 saturated heterocycles. The van der Waals surface area contributed by atoms with E-state index in [2.05, 4.69) is 17.6 Å². The zero-order valence-corrected chi connectivity index (χ0v) is 19.6. The Balaban J connectivity index is 1.75. The van der Waals surface area contributed by atoms with Crippen LogP contribution >= 0.6 is 0 Å². The van der Waals surface area contributed by atoms with Gasteiger partial charge in [-0.25, -0.2) is 4.98 Å². The highest BCUT2D eigenvalue weighted by Gasteiger charge is 2.14. The number of para-hydroxylation sites is 1. The van der Waals surface area contributed by atoms with Gasteiger partial charge < -0.3 is 14.0 Å².